The van der Waals surface area contributed by atoms with Crippen molar-refractivity contribution in [3.63, 3.8) is 0 Å². The minimum atomic E-state index is -0.309. The Kier molecular flexibility index (Phi) is 4.79. The number of carbonyl (C=O) groups is 2. The molecule has 8 heteroatoms. The number of H-pyrrole nitrogens is 1. The van der Waals surface area contributed by atoms with Crippen LogP contribution in [0.4, 0.5) is 9.18 Å². The molecule has 2 aliphatic rings. The monoisotopic (exact) mass is 371 g/mol. The summed E-state index contributed by atoms with van der Waals surface area (Å²) in [6, 6.07) is 7.89. The molecule has 4 rings (SSSR count). The molecule has 0 saturated carbocycles. The van der Waals surface area contributed by atoms with E-state index in [4.69, 9.17) is 0 Å². The molecule has 3 amide bonds. The number of likely N-dealkylation sites (tertiary alicyclic amines) is 1. The van der Waals surface area contributed by atoms with Crippen molar-refractivity contribution >= 4 is 11.9 Å². The first-order chi connectivity index (χ1) is 13.1. The van der Waals surface area contributed by atoms with E-state index in [9.17, 15) is 14.0 Å². The third-order valence-electron chi connectivity index (χ3n) is 5.25. The van der Waals surface area contributed by atoms with Crippen LogP contribution in [0.5, 0.6) is 0 Å². The van der Waals surface area contributed by atoms with Crippen molar-refractivity contribution in [2.45, 2.75) is 25.3 Å². The van der Waals surface area contributed by atoms with Crippen LogP contribution in [-0.2, 0) is 0 Å². The molecule has 0 aliphatic carbocycles. The van der Waals surface area contributed by atoms with Crippen molar-refractivity contribution in [2.24, 2.45) is 0 Å². The standard InChI is InChI=1S/C19H22FN5O2/c20-14-4-2-13(3-5-14)16-12-17(23-22-16)18(26)24-10-6-15(7-11-24)25-9-1-8-21-19(25)27/h2-5,12,15H,1,6-11H2,(H,21,27)(H,22,23). The van der Waals surface area contributed by atoms with Gasteiger partial charge >= 0.3 is 6.03 Å². The third kappa shape index (κ3) is 3.65. The molecule has 0 spiro atoms. The second-order valence-corrected chi connectivity index (χ2v) is 6.98. The van der Waals surface area contributed by atoms with Gasteiger partial charge in [0.2, 0.25) is 0 Å². The number of amides is 3. The smallest absolute Gasteiger partial charge is 0.317 e. The second-order valence-electron chi connectivity index (χ2n) is 6.98. The Morgan fingerprint density at radius 1 is 1.15 bits per heavy atom. The lowest BCUT2D eigenvalue weighted by atomic mass is 10.0. The summed E-state index contributed by atoms with van der Waals surface area (Å²) in [5.41, 5.74) is 1.78. The molecule has 2 fully saturated rings. The van der Waals surface area contributed by atoms with Crippen molar-refractivity contribution in [2.75, 3.05) is 26.2 Å². The average molecular weight is 371 g/mol. The summed E-state index contributed by atoms with van der Waals surface area (Å²) < 4.78 is 13.1. The van der Waals surface area contributed by atoms with E-state index in [0.717, 1.165) is 37.9 Å². The van der Waals surface area contributed by atoms with Crippen LogP contribution in [0.25, 0.3) is 11.3 Å². The van der Waals surface area contributed by atoms with E-state index in [1.165, 1.54) is 12.1 Å². The van der Waals surface area contributed by atoms with Gasteiger partial charge in [0.25, 0.3) is 5.91 Å². The number of aromatic amines is 1. The summed E-state index contributed by atoms with van der Waals surface area (Å²) in [6.45, 7) is 2.74. The topological polar surface area (TPSA) is 81.3 Å². The highest BCUT2D eigenvalue weighted by Gasteiger charge is 2.31. The van der Waals surface area contributed by atoms with E-state index >= 15 is 0 Å². The largest absolute Gasteiger partial charge is 0.338 e. The predicted molar refractivity (Wildman–Crippen MR) is 97.6 cm³/mol. The minimum Gasteiger partial charge on any atom is -0.338 e. The highest BCUT2D eigenvalue weighted by atomic mass is 19.1. The quantitative estimate of drug-likeness (QED) is 0.868. The average Bonchev–Trinajstić information content (AvgIpc) is 3.19. The lowest BCUT2D eigenvalue weighted by Gasteiger charge is -2.40. The molecular weight excluding hydrogens is 349 g/mol. The van der Waals surface area contributed by atoms with Crippen molar-refractivity contribution < 1.29 is 14.0 Å². The normalized spacial score (nSPS) is 18.5. The maximum Gasteiger partial charge on any atom is 0.317 e. The van der Waals surface area contributed by atoms with Crippen LogP contribution in [0, 0.1) is 5.82 Å². The number of aromatic nitrogens is 2. The van der Waals surface area contributed by atoms with Gasteiger partial charge in [-0.1, -0.05) is 0 Å². The summed E-state index contributed by atoms with van der Waals surface area (Å²) in [4.78, 5) is 28.4. The first-order valence-corrected chi connectivity index (χ1v) is 9.27. The van der Waals surface area contributed by atoms with Gasteiger partial charge in [0.1, 0.15) is 11.5 Å². The lowest BCUT2D eigenvalue weighted by Crippen LogP contribution is -2.54. The third-order valence-corrected chi connectivity index (χ3v) is 5.25. The number of halogens is 1. The molecule has 2 aromatic rings. The second kappa shape index (κ2) is 7.38. The van der Waals surface area contributed by atoms with Gasteiger partial charge in [-0.25, -0.2) is 9.18 Å². The van der Waals surface area contributed by atoms with E-state index in [-0.39, 0.29) is 23.8 Å². The van der Waals surface area contributed by atoms with Crippen LogP contribution in [0.15, 0.2) is 30.3 Å². The Morgan fingerprint density at radius 3 is 2.59 bits per heavy atom. The van der Waals surface area contributed by atoms with E-state index in [1.807, 2.05) is 4.90 Å². The highest BCUT2D eigenvalue weighted by molar-refractivity contribution is 5.93. The predicted octanol–water partition coefficient (Wildman–Crippen LogP) is 2.24. The Bertz CT molecular complexity index is 827. The molecule has 0 bridgehead atoms. The molecule has 142 valence electrons. The Hall–Kier alpha value is -2.90. The number of hydrogen-bond acceptors (Lipinski definition) is 3. The van der Waals surface area contributed by atoms with Crippen LogP contribution in [0.1, 0.15) is 29.8 Å². The van der Waals surface area contributed by atoms with Gasteiger partial charge in [-0.2, -0.15) is 5.10 Å². The van der Waals surface area contributed by atoms with Crippen LogP contribution in [0.2, 0.25) is 0 Å². The van der Waals surface area contributed by atoms with Crippen molar-refractivity contribution in [1.29, 1.82) is 0 Å². The van der Waals surface area contributed by atoms with Crippen LogP contribution in [0.3, 0.4) is 0 Å². The van der Waals surface area contributed by atoms with Crippen LogP contribution < -0.4 is 5.32 Å². The molecule has 27 heavy (non-hydrogen) atoms. The number of piperidine rings is 1. The minimum absolute atomic E-state index is 0.00327. The molecule has 2 saturated heterocycles. The first kappa shape index (κ1) is 17.5. The molecule has 0 radical (unpaired) electrons. The Morgan fingerprint density at radius 2 is 1.89 bits per heavy atom. The highest BCUT2D eigenvalue weighted by Crippen LogP contribution is 2.22. The van der Waals surface area contributed by atoms with Gasteiger partial charge in [-0.05, 0) is 49.6 Å². The number of nitrogens with zero attached hydrogens (tertiary/aromatic N) is 3. The van der Waals surface area contributed by atoms with E-state index < -0.39 is 0 Å². The van der Waals surface area contributed by atoms with Gasteiger partial charge in [0.05, 0.1) is 5.69 Å². The van der Waals surface area contributed by atoms with Gasteiger partial charge < -0.3 is 15.1 Å². The number of nitrogens with one attached hydrogen (secondary N) is 2. The molecule has 3 heterocycles. The molecule has 2 aliphatic heterocycles. The first-order valence-electron chi connectivity index (χ1n) is 9.27. The fraction of sp³-hybridized carbons (Fsp3) is 0.421. The zero-order valence-electron chi connectivity index (χ0n) is 14.9. The molecular formula is C19H22FN5O2. The zero-order chi connectivity index (χ0) is 18.8. The molecule has 1 aromatic heterocycles. The molecule has 7 nitrogen and oxygen atoms in total. The van der Waals surface area contributed by atoms with E-state index in [1.54, 1.807) is 23.1 Å². The number of urea groups is 1. The summed E-state index contributed by atoms with van der Waals surface area (Å²) in [5.74, 6) is -0.409. The van der Waals surface area contributed by atoms with Crippen LogP contribution >= 0.6 is 0 Å². The molecule has 2 N–H and O–H groups in total. The molecule has 0 unspecified atom stereocenters. The molecule has 1 aromatic carbocycles. The number of rotatable bonds is 3. The lowest BCUT2D eigenvalue weighted by molar-refractivity contribution is 0.0637. The summed E-state index contributed by atoms with van der Waals surface area (Å²) in [5, 5.41) is 9.84. The SMILES string of the molecule is O=C(c1cc(-c2ccc(F)cc2)n[nH]1)N1CCC(N2CCCNC2=O)CC1. The van der Waals surface area contributed by atoms with Crippen LogP contribution in [-0.4, -0.2) is 64.2 Å². The summed E-state index contributed by atoms with van der Waals surface area (Å²) in [6.07, 6.45) is 2.52. The van der Waals surface area contributed by atoms with Crippen molar-refractivity contribution in [3.8, 4) is 11.3 Å². The van der Waals surface area contributed by atoms with Gasteiger partial charge in [-0.15, -0.1) is 0 Å². The number of hydrogen-bond donors (Lipinski definition) is 2. The van der Waals surface area contributed by atoms with Gasteiger partial charge in [-0.3, -0.25) is 9.89 Å². The fourth-order valence-electron chi connectivity index (χ4n) is 3.75. The fourth-order valence-corrected chi connectivity index (χ4v) is 3.75. The van der Waals surface area contributed by atoms with E-state index in [2.05, 4.69) is 15.5 Å². The summed E-state index contributed by atoms with van der Waals surface area (Å²) in [7, 11) is 0. The van der Waals surface area contributed by atoms with E-state index in [0.29, 0.717) is 24.5 Å². The van der Waals surface area contributed by atoms with Gasteiger partial charge in [0, 0.05) is 37.8 Å². The maximum absolute atomic E-state index is 13.1. The number of benzene rings is 1. The molecule has 0 atom stereocenters. The Labute approximate surface area is 156 Å². The zero-order valence-corrected chi connectivity index (χ0v) is 14.9. The number of carbonyl (C=O) groups excluding carboxylic acids is 2. The van der Waals surface area contributed by atoms with Gasteiger partial charge in [0.15, 0.2) is 0 Å². The summed E-state index contributed by atoms with van der Waals surface area (Å²) >= 11 is 0. The van der Waals surface area contributed by atoms with Crippen molar-refractivity contribution in [1.82, 2.24) is 25.3 Å². The Balaban J connectivity index is 1.38. The van der Waals surface area contributed by atoms with Crippen molar-refractivity contribution in [3.05, 3.63) is 41.8 Å². The maximum atomic E-state index is 13.1.